The molecule has 6 N–H and O–H groups in total. The lowest BCUT2D eigenvalue weighted by molar-refractivity contribution is -0.302. The fourth-order valence-electron chi connectivity index (χ4n) is 8.16. The molecule has 0 bridgehead atoms. The van der Waals surface area contributed by atoms with Gasteiger partial charge in [0.05, 0.1) is 25.4 Å². The number of carbonyl (C=O) groups is 1. The molecular weight excluding hydrogens is 791 g/mol. The molecule has 1 aliphatic rings. The zero-order valence-electron chi connectivity index (χ0n) is 40.6. The third-order valence-electron chi connectivity index (χ3n) is 12.4. The lowest BCUT2D eigenvalue weighted by Crippen LogP contribution is -2.60. The molecule has 1 aliphatic heterocycles. The number of allylic oxidation sites excluding steroid dienone is 7. The minimum Gasteiger partial charge on any atom is -0.394 e. The summed E-state index contributed by atoms with van der Waals surface area (Å²) in [5, 5.41) is 54.3. The van der Waals surface area contributed by atoms with Crippen molar-refractivity contribution in [1.29, 1.82) is 0 Å². The van der Waals surface area contributed by atoms with Gasteiger partial charge in [-0.25, -0.2) is 0 Å². The Morgan fingerprint density at radius 1 is 0.540 bits per heavy atom. The summed E-state index contributed by atoms with van der Waals surface area (Å²) in [6.45, 7) is 3.77. The second kappa shape index (κ2) is 44.0. The van der Waals surface area contributed by atoms with Crippen LogP contribution in [0.5, 0.6) is 0 Å². The number of nitrogens with one attached hydrogen (secondary N) is 1. The van der Waals surface area contributed by atoms with Crippen LogP contribution in [0.4, 0.5) is 0 Å². The molecule has 1 rings (SSSR count). The number of hydrogen-bond donors (Lipinski definition) is 6. The Balaban J connectivity index is 2.26. The molecule has 7 atom stereocenters. The molecule has 1 saturated heterocycles. The van der Waals surface area contributed by atoms with E-state index in [0.29, 0.717) is 6.42 Å². The predicted molar refractivity (Wildman–Crippen MR) is 263 cm³/mol. The zero-order valence-corrected chi connectivity index (χ0v) is 40.6. The molecule has 1 fully saturated rings. The van der Waals surface area contributed by atoms with Crippen LogP contribution in [-0.2, 0) is 14.3 Å². The molecule has 7 unspecified atom stereocenters. The first-order valence-corrected chi connectivity index (χ1v) is 26.4. The highest BCUT2D eigenvalue weighted by Gasteiger charge is 2.44. The van der Waals surface area contributed by atoms with E-state index in [1.807, 2.05) is 6.08 Å². The van der Waals surface area contributed by atoms with Crippen LogP contribution < -0.4 is 5.32 Å². The minimum absolute atomic E-state index is 0.181. The standard InChI is InChI=1S/C54H99NO8/c1-3-5-7-9-11-13-15-17-19-20-21-22-23-24-25-26-27-28-30-32-34-36-38-40-42-44-50(58)55-47(46-62-54-53(61)52(60)51(59)49(45-56)63-54)48(57)43-41-39-37-35-33-31-29-18-16-14-12-10-8-6-4-2/h15,17,20-21,23-24,41,43,47-49,51-54,56-57,59-61H,3-14,16,18-19,22,25-40,42,44-46H2,1-2H3,(H,55,58)/b17-15-,21-20-,24-23-,43-41+. The maximum Gasteiger partial charge on any atom is 0.220 e. The van der Waals surface area contributed by atoms with E-state index in [1.165, 1.54) is 161 Å². The summed E-state index contributed by atoms with van der Waals surface area (Å²) >= 11 is 0. The van der Waals surface area contributed by atoms with Crippen molar-refractivity contribution in [2.24, 2.45) is 0 Å². The molecule has 63 heavy (non-hydrogen) atoms. The Morgan fingerprint density at radius 3 is 1.38 bits per heavy atom. The molecule has 0 aliphatic carbocycles. The first-order chi connectivity index (χ1) is 30.8. The highest BCUT2D eigenvalue weighted by Crippen LogP contribution is 2.23. The number of hydrogen-bond acceptors (Lipinski definition) is 8. The summed E-state index contributed by atoms with van der Waals surface area (Å²) < 4.78 is 11.2. The van der Waals surface area contributed by atoms with Crippen LogP contribution in [0.1, 0.15) is 232 Å². The van der Waals surface area contributed by atoms with Crippen molar-refractivity contribution in [3.05, 3.63) is 48.6 Å². The first kappa shape index (κ1) is 59.2. The minimum atomic E-state index is -1.57. The zero-order chi connectivity index (χ0) is 45.9. The van der Waals surface area contributed by atoms with Gasteiger partial charge in [-0.05, 0) is 57.8 Å². The Bertz CT molecular complexity index is 1130. The van der Waals surface area contributed by atoms with Gasteiger partial charge < -0.3 is 40.3 Å². The molecule has 368 valence electrons. The second-order valence-corrected chi connectivity index (χ2v) is 18.3. The van der Waals surface area contributed by atoms with Crippen molar-refractivity contribution in [2.45, 2.75) is 275 Å². The summed E-state index contributed by atoms with van der Waals surface area (Å²) in [6.07, 6.45) is 50.1. The van der Waals surface area contributed by atoms with Crippen molar-refractivity contribution in [3.8, 4) is 0 Å². The van der Waals surface area contributed by atoms with Crippen molar-refractivity contribution in [3.63, 3.8) is 0 Å². The van der Waals surface area contributed by atoms with Gasteiger partial charge in [0.25, 0.3) is 0 Å². The van der Waals surface area contributed by atoms with Crippen molar-refractivity contribution >= 4 is 5.91 Å². The van der Waals surface area contributed by atoms with E-state index in [2.05, 4.69) is 55.6 Å². The molecule has 0 radical (unpaired) electrons. The van der Waals surface area contributed by atoms with Crippen molar-refractivity contribution in [1.82, 2.24) is 5.32 Å². The maximum absolute atomic E-state index is 13.0. The van der Waals surface area contributed by atoms with E-state index in [-0.39, 0.29) is 12.5 Å². The van der Waals surface area contributed by atoms with E-state index in [0.717, 1.165) is 51.4 Å². The molecule has 1 amide bonds. The SMILES string of the molecule is CCCCCCC/C=C\C/C=C\C/C=C\CCCCCCCCCCCCC(=O)NC(COC1OC(CO)C(O)C(O)C1O)C(O)/C=C/CCCCCCCCCCCCCCC. The van der Waals surface area contributed by atoms with E-state index in [4.69, 9.17) is 9.47 Å². The van der Waals surface area contributed by atoms with Gasteiger partial charge in [-0.15, -0.1) is 0 Å². The van der Waals surface area contributed by atoms with E-state index < -0.39 is 49.5 Å². The number of aliphatic hydroxyl groups excluding tert-OH is 5. The molecule has 1 heterocycles. The van der Waals surface area contributed by atoms with Gasteiger partial charge in [0.1, 0.15) is 24.4 Å². The Kier molecular flexibility index (Phi) is 41.3. The highest BCUT2D eigenvalue weighted by atomic mass is 16.7. The largest absolute Gasteiger partial charge is 0.394 e. The highest BCUT2D eigenvalue weighted by molar-refractivity contribution is 5.76. The van der Waals surface area contributed by atoms with Crippen LogP contribution in [0.15, 0.2) is 48.6 Å². The van der Waals surface area contributed by atoms with Gasteiger partial charge in [0.2, 0.25) is 5.91 Å². The summed E-state index contributed by atoms with van der Waals surface area (Å²) in [7, 11) is 0. The van der Waals surface area contributed by atoms with Crippen LogP contribution in [0.2, 0.25) is 0 Å². The number of aliphatic hydroxyl groups is 5. The van der Waals surface area contributed by atoms with Gasteiger partial charge in [-0.3, -0.25) is 4.79 Å². The maximum atomic E-state index is 13.0. The lowest BCUT2D eigenvalue weighted by Gasteiger charge is -2.40. The Hall–Kier alpha value is -1.85. The molecule has 0 aromatic heterocycles. The average molecular weight is 890 g/mol. The summed E-state index contributed by atoms with van der Waals surface area (Å²) in [6, 6.07) is -0.807. The van der Waals surface area contributed by atoms with Gasteiger partial charge in [-0.2, -0.15) is 0 Å². The van der Waals surface area contributed by atoms with Crippen molar-refractivity contribution < 1.29 is 39.8 Å². The molecule has 9 heteroatoms. The average Bonchev–Trinajstić information content (AvgIpc) is 3.28. The fraction of sp³-hybridized carbons (Fsp3) is 0.833. The van der Waals surface area contributed by atoms with E-state index in [9.17, 15) is 30.3 Å². The number of amides is 1. The first-order valence-electron chi connectivity index (χ1n) is 26.4. The smallest absolute Gasteiger partial charge is 0.220 e. The number of ether oxygens (including phenoxy) is 2. The van der Waals surface area contributed by atoms with Crippen LogP contribution in [0, 0.1) is 0 Å². The predicted octanol–water partition coefficient (Wildman–Crippen LogP) is 12.2. The molecule has 0 aromatic carbocycles. The van der Waals surface area contributed by atoms with Crippen LogP contribution in [-0.4, -0.2) is 87.5 Å². The quantitative estimate of drug-likeness (QED) is 0.0262. The third kappa shape index (κ3) is 34.2. The van der Waals surface area contributed by atoms with Gasteiger partial charge >= 0.3 is 0 Å². The Labute approximate surface area is 386 Å². The summed E-state index contributed by atoms with van der Waals surface area (Å²) in [4.78, 5) is 13.0. The number of carbonyl (C=O) groups excluding carboxylic acids is 1. The number of rotatable bonds is 44. The third-order valence-corrected chi connectivity index (χ3v) is 12.4. The van der Waals surface area contributed by atoms with E-state index in [1.54, 1.807) is 6.08 Å². The van der Waals surface area contributed by atoms with Crippen LogP contribution in [0.25, 0.3) is 0 Å². The fourth-order valence-corrected chi connectivity index (χ4v) is 8.16. The molecule has 9 nitrogen and oxygen atoms in total. The number of unbranched alkanes of at least 4 members (excludes halogenated alkanes) is 28. The molecule has 0 saturated carbocycles. The van der Waals surface area contributed by atoms with Crippen molar-refractivity contribution in [2.75, 3.05) is 13.2 Å². The monoisotopic (exact) mass is 890 g/mol. The molecule has 0 aromatic rings. The van der Waals surface area contributed by atoms with Crippen LogP contribution >= 0.6 is 0 Å². The summed E-state index contributed by atoms with van der Waals surface area (Å²) in [5.41, 5.74) is 0. The van der Waals surface area contributed by atoms with Gasteiger partial charge in [0, 0.05) is 6.42 Å². The summed E-state index contributed by atoms with van der Waals surface area (Å²) in [5.74, 6) is -0.181. The normalized spacial score (nSPS) is 20.5. The topological polar surface area (TPSA) is 149 Å². The van der Waals surface area contributed by atoms with E-state index >= 15 is 0 Å². The second-order valence-electron chi connectivity index (χ2n) is 18.3. The van der Waals surface area contributed by atoms with Crippen LogP contribution in [0.3, 0.4) is 0 Å². The van der Waals surface area contributed by atoms with Gasteiger partial charge in [0.15, 0.2) is 6.29 Å². The molecular formula is C54H99NO8. The lowest BCUT2D eigenvalue weighted by atomic mass is 9.99. The molecule has 0 spiro atoms. The Morgan fingerprint density at radius 2 is 0.937 bits per heavy atom. The van der Waals surface area contributed by atoms with Gasteiger partial charge in [-0.1, -0.05) is 217 Å².